The van der Waals surface area contributed by atoms with Gasteiger partial charge in [0.2, 0.25) is 5.88 Å². The number of likely N-dealkylation sites (N-methyl/N-ethyl adjacent to an activating group) is 1. The van der Waals surface area contributed by atoms with Gasteiger partial charge in [-0.2, -0.15) is 0 Å². The number of hydrogen-bond acceptors (Lipinski definition) is 5. The summed E-state index contributed by atoms with van der Waals surface area (Å²) in [5, 5.41) is 0. The molecule has 180 valence electrons. The van der Waals surface area contributed by atoms with Crippen LogP contribution in [0.15, 0.2) is 70.6 Å². The maximum Gasteiger partial charge on any atom is 0.310 e. The van der Waals surface area contributed by atoms with E-state index in [0.717, 1.165) is 34.9 Å². The van der Waals surface area contributed by atoms with Crippen LogP contribution in [-0.4, -0.2) is 29.5 Å². The maximum atomic E-state index is 12.9. The summed E-state index contributed by atoms with van der Waals surface area (Å²) in [5.74, 6) is 0.837. The zero-order valence-corrected chi connectivity index (χ0v) is 19.7. The Kier molecular flexibility index (Phi) is 6.62. The van der Waals surface area contributed by atoms with Crippen LogP contribution in [0.25, 0.3) is 11.1 Å². The molecule has 2 heterocycles. The second-order valence-corrected chi connectivity index (χ2v) is 10.5. The first-order valence-corrected chi connectivity index (χ1v) is 12.7. The van der Waals surface area contributed by atoms with Crippen molar-refractivity contribution >= 4 is 22.2 Å². The van der Waals surface area contributed by atoms with Crippen molar-refractivity contribution in [2.24, 2.45) is 0 Å². The van der Waals surface area contributed by atoms with Crippen molar-refractivity contribution in [1.29, 1.82) is 0 Å². The summed E-state index contributed by atoms with van der Waals surface area (Å²) in [6, 6.07) is 11.3. The van der Waals surface area contributed by atoms with Crippen molar-refractivity contribution in [3.63, 3.8) is 0 Å². The Balaban J connectivity index is 0.00000149. The van der Waals surface area contributed by atoms with Crippen molar-refractivity contribution in [3.8, 4) is 28.5 Å². The van der Waals surface area contributed by atoms with Crippen molar-refractivity contribution in [1.82, 2.24) is 9.29 Å². The smallest absolute Gasteiger partial charge is 0.310 e. The highest BCUT2D eigenvalue weighted by Crippen LogP contribution is 3.02. The van der Waals surface area contributed by atoms with Gasteiger partial charge in [-0.05, 0) is 73.1 Å². The number of ether oxygens (including phenoxy) is 2. The fraction of sp³-hybridized carbons (Fsp3) is 0.227. The molecule has 1 aromatic heterocycles. The van der Waals surface area contributed by atoms with Crippen molar-refractivity contribution in [3.05, 3.63) is 60.8 Å². The van der Waals surface area contributed by atoms with Crippen LogP contribution < -0.4 is 9.47 Å². The molecule has 2 aromatic carbocycles. The van der Waals surface area contributed by atoms with Gasteiger partial charge >= 0.3 is 10.2 Å². The Labute approximate surface area is 193 Å². The predicted molar refractivity (Wildman–Crippen MR) is 123 cm³/mol. The Bertz CT molecular complexity index is 1130. The molecular weight excluding hydrogens is 483 g/mol. The van der Waals surface area contributed by atoms with Gasteiger partial charge in [0, 0.05) is 18.3 Å². The van der Waals surface area contributed by atoms with E-state index in [0.29, 0.717) is 24.3 Å². The highest BCUT2D eigenvalue weighted by atomic mass is 32.5. The summed E-state index contributed by atoms with van der Waals surface area (Å²) in [7, 11) is -7.79. The summed E-state index contributed by atoms with van der Waals surface area (Å²) in [5.41, 5.74) is 1.35. The van der Waals surface area contributed by atoms with E-state index in [2.05, 4.69) is 4.98 Å². The van der Waals surface area contributed by atoms with Gasteiger partial charge in [-0.1, -0.05) is 39.3 Å². The van der Waals surface area contributed by atoms with E-state index in [4.69, 9.17) is 9.47 Å². The van der Waals surface area contributed by atoms with Crippen molar-refractivity contribution < 1.29 is 28.9 Å². The Morgan fingerprint density at radius 2 is 1.70 bits per heavy atom. The summed E-state index contributed by atoms with van der Waals surface area (Å²) in [6.07, 6.45) is 1.47. The second kappa shape index (κ2) is 8.69. The quantitative estimate of drug-likeness (QED) is 0.262. The lowest BCUT2D eigenvalue weighted by atomic mass is 10.1. The molecule has 0 bridgehead atoms. The number of nitrogens with zero attached hydrogens (tertiary/aromatic N) is 2. The normalized spacial score (nSPS) is 16.1. The van der Waals surface area contributed by atoms with Gasteiger partial charge in [-0.3, -0.25) is 0 Å². The number of halogens is 5. The first-order chi connectivity index (χ1) is 15.4. The molecule has 0 saturated carbocycles. The third-order valence-corrected chi connectivity index (χ3v) is 6.60. The van der Waals surface area contributed by atoms with E-state index in [1.165, 1.54) is 18.1 Å². The van der Waals surface area contributed by atoms with Crippen LogP contribution in [0.3, 0.4) is 0 Å². The summed E-state index contributed by atoms with van der Waals surface area (Å²) in [4.78, 5) is 3.08. The van der Waals surface area contributed by atoms with E-state index in [1.807, 2.05) is 43.4 Å². The minimum absolute atomic E-state index is 0.0437. The van der Waals surface area contributed by atoms with E-state index in [-0.39, 0.29) is 11.6 Å². The standard InChI is InChI=1S/C20H17F5N2O2S2.C2H6/c1-27-11-12-28-18-9-4-14(13-19(18)30-27)17-3-2-10-26-20(17)29-15-5-7-16(8-6-15)31(21,22,23,24)25;1-2/h2-10,13H,11-12H2,1H3;1-2H3. The number of hydrogen-bond donors (Lipinski definition) is 0. The second-order valence-electron chi connectivity index (χ2n) is 6.85. The lowest BCUT2D eigenvalue weighted by Gasteiger charge is -2.40. The molecule has 0 fully saturated rings. The van der Waals surface area contributed by atoms with Crippen molar-refractivity contribution in [2.45, 2.75) is 23.6 Å². The van der Waals surface area contributed by atoms with Crippen LogP contribution in [0.1, 0.15) is 13.8 Å². The van der Waals surface area contributed by atoms with E-state index in [9.17, 15) is 19.4 Å². The van der Waals surface area contributed by atoms with Crippen LogP contribution in [0.4, 0.5) is 19.4 Å². The lowest BCUT2D eigenvalue weighted by Crippen LogP contribution is -2.14. The molecule has 0 spiro atoms. The van der Waals surface area contributed by atoms with E-state index >= 15 is 0 Å². The zero-order chi connectivity index (χ0) is 24.3. The lowest BCUT2D eigenvalue weighted by molar-refractivity contribution is 0.296. The average molecular weight is 507 g/mol. The summed E-state index contributed by atoms with van der Waals surface area (Å²) >= 11 is 1.53. The molecule has 1 aliphatic heterocycles. The molecule has 0 amide bonds. The number of aromatic nitrogens is 1. The molecule has 4 rings (SSSR count). The molecule has 3 aromatic rings. The monoisotopic (exact) mass is 506 g/mol. The van der Waals surface area contributed by atoms with Gasteiger partial charge in [0.25, 0.3) is 0 Å². The summed E-state index contributed by atoms with van der Waals surface area (Å²) in [6.45, 7) is 5.32. The average Bonchev–Trinajstić information content (AvgIpc) is 2.94. The minimum atomic E-state index is -9.74. The van der Waals surface area contributed by atoms with Gasteiger partial charge < -0.3 is 9.47 Å². The summed E-state index contributed by atoms with van der Waals surface area (Å²) < 4.78 is 78.0. The van der Waals surface area contributed by atoms with Crippen LogP contribution >= 0.6 is 22.2 Å². The van der Waals surface area contributed by atoms with Gasteiger partial charge in [-0.15, -0.1) is 0 Å². The fourth-order valence-corrected chi connectivity index (χ4v) is 4.48. The first kappa shape index (κ1) is 25.1. The molecular formula is C22H23F5N2O2S2. The third kappa shape index (κ3) is 6.30. The predicted octanol–water partition coefficient (Wildman–Crippen LogP) is 8.56. The molecule has 33 heavy (non-hydrogen) atoms. The highest BCUT2D eigenvalue weighted by Gasteiger charge is 2.65. The van der Waals surface area contributed by atoms with Gasteiger partial charge in [0.15, 0.2) is 0 Å². The molecule has 0 N–H and O–H groups in total. The maximum absolute atomic E-state index is 12.9. The molecule has 0 aliphatic carbocycles. The molecule has 0 saturated heterocycles. The minimum Gasteiger partial charge on any atom is -0.491 e. The van der Waals surface area contributed by atoms with Gasteiger partial charge in [-0.25, -0.2) is 9.29 Å². The largest absolute Gasteiger partial charge is 0.491 e. The number of benzene rings is 2. The van der Waals surface area contributed by atoms with E-state index < -0.39 is 15.1 Å². The number of rotatable bonds is 4. The Morgan fingerprint density at radius 1 is 1.00 bits per heavy atom. The Morgan fingerprint density at radius 3 is 2.36 bits per heavy atom. The number of fused-ring (bicyclic) bond motifs is 1. The SMILES string of the molecule is CC.CN1CCOc2ccc(-c3cccnc3Oc3ccc(S(F)(F)(F)(F)F)cc3)cc2S1. The number of pyridine rings is 1. The molecule has 0 unspecified atom stereocenters. The van der Waals surface area contributed by atoms with Crippen molar-refractivity contribution in [2.75, 3.05) is 20.2 Å². The molecule has 1 aliphatic rings. The zero-order valence-electron chi connectivity index (χ0n) is 18.1. The first-order valence-electron chi connectivity index (χ1n) is 10.0. The van der Waals surface area contributed by atoms with Crippen LogP contribution in [0.5, 0.6) is 17.4 Å². The van der Waals surface area contributed by atoms with Crippen LogP contribution in [0.2, 0.25) is 0 Å². The van der Waals surface area contributed by atoms with E-state index in [1.54, 1.807) is 12.1 Å². The van der Waals surface area contributed by atoms with Gasteiger partial charge in [0.1, 0.15) is 23.0 Å². The highest BCUT2D eigenvalue weighted by molar-refractivity contribution is 8.45. The van der Waals surface area contributed by atoms with Crippen LogP contribution in [-0.2, 0) is 0 Å². The topological polar surface area (TPSA) is 34.6 Å². The molecule has 0 atom stereocenters. The third-order valence-electron chi connectivity index (χ3n) is 4.43. The molecule has 0 radical (unpaired) electrons. The molecule has 4 nitrogen and oxygen atoms in total. The molecule has 11 heteroatoms. The fourth-order valence-electron chi connectivity index (χ4n) is 2.93. The van der Waals surface area contributed by atoms with Crippen LogP contribution in [0, 0.1) is 0 Å². The Hall–Kier alpha value is -2.50. The van der Waals surface area contributed by atoms with Gasteiger partial charge in [0.05, 0.1) is 4.90 Å².